The first-order valence-corrected chi connectivity index (χ1v) is 3.73. The highest BCUT2D eigenvalue weighted by atomic mass is 16.1. The van der Waals surface area contributed by atoms with Gasteiger partial charge in [0.05, 0.1) is 6.04 Å². The maximum atomic E-state index is 11.3. The van der Waals surface area contributed by atoms with Gasteiger partial charge in [-0.25, -0.2) is 0 Å². The monoisotopic (exact) mass is 136 g/mol. The van der Waals surface area contributed by atoms with Crippen LogP contribution in [0.1, 0.15) is 12.8 Å². The lowest BCUT2D eigenvalue weighted by atomic mass is 10.1. The first-order chi connectivity index (χ1) is 4.88. The molecule has 1 fully saturated rings. The Labute approximate surface area is 60.3 Å². The summed E-state index contributed by atoms with van der Waals surface area (Å²) in [6, 6.07) is -0.0764. The van der Waals surface area contributed by atoms with E-state index in [1.165, 1.54) is 0 Å². The Balaban J connectivity index is 1.96. The van der Waals surface area contributed by atoms with E-state index in [2.05, 4.69) is 11.4 Å². The molecule has 0 amide bonds. The number of carbonyl (C=O) groups is 1. The quantitative estimate of drug-likeness (QED) is 0.591. The zero-order chi connectivity index (χ0) is 6.97. The van der Waals surface area contributed by atoms with Crippen molar-refractivity contribution in [2.75, 3.05) is 6.54 Å². The standard InChI is InChI=1S/C8H10NO/c10-8(6-3-4-6)7-2-1-5-9-7/h1,6-7,9H,3-5H2. The Bertz CT molecular complexity index is 182. The van der Waals surface area contributed by atoms with Crippen LogP contribution in [-0.4, -0.2) is 18.4 Å². The van der Waals surface area contributed by atoms with Crippen molar-refractivity contribution >= 4 is 5.78 Å². The molecule has 1 radical (unpaired) electrons. The molecular formula is C8H10NO. The highest BCUT2D eigenvalue weighted by Crippen LogP contribution is 2.31. The molecule has 0 aromatic carbocycles. The summed E-state index contributed by atoms with van der Waals surface area (Å²) >= 11 is 0. The number of hydrogen-bond acceptors (Lipinski definition) is 2. The van der Waals surface area contributed by atoms with Gasteiger partial charge in [0, 0.05) is 12.5 Å². The van der Waals surface area contributed by atoms with Crippen LogP contribution in [0.25, 0.3) is 0 Å². The molecule has 2 nitrogen and oxygen atoms in total. The third-order valence-corrected chi connectivity index (χ3v) is 1.97. The summed E-state index contributed by atoms with van der Waals surface area (Å²) in [6.45, 7) is 0.809. The summed E-state index contributed by atoms with van der Waals surface area (Å²) in [5.74, 6) is 0.699. The Morgan fingerprint density at radius 1 is 1.60 bits per heavy atom. The van der Waals surface area contributed by atoms with E-state index < -0.39 is 0 Å². The molecule has 1 aliphatic carbocycles. The second-order valence-electron chi connectivity index (χ2n) is 2.89. The van der Waals surface area contributed by atoms with E-state index >= 15 is 0 Å². The zero-order valence-corrected chi connectivity index (χ0v) is 5.76. The average Bonchev–Trinajstić information content (AvgIpc) is 2.65. The largest absolute Gasteiger partial charge is 0.300 e. The molecule has 2 aliphatic rings. The second-order valence-corrected chi connectivity index (χ2v) is 2.89. The molecule has 0 aromatic rings. The van der Waals surface area contributed by atoms with Crippen LogP contribution in [0.15, 0.2) is 6.08 Å². The van der Waals surface area contributed by atoms with E-state index in [9.17, 15) is 4.79 Å². The van der Waals surface area contributed by atoms with Gasteiger partial charge < -0.3 is 5.32 Å². The van der Waals surface area contributed by atoms with Crippen LogP contribution in [0.3, 0.4) is 0 Å². The summed E-state index contributed by atoms with van der Waals surface area (Å²) < 4.78 is 0. The van der Waals surface area contributed by atoms with Gasteiger partial charge in [-0.1, -0.05) is 6.08 Å². The van der Waals surface area contributed by atoms with Gasteiger partial charge in [-0.05, 0) is 18.9 Å². The zero-order valence-electron chi connectivity index (χ0n) is 5.76. The Kier molecular flexibility index (Phi) is 1.34. The van der Waals surface area contributed by atoms with Crippen molar-refractivity contribution in [3.8, 4) is 0 Å². The maximum absolute atomic E-state index is 11.3. The summed E-state index contributed by atoms with van der Waals surface area (Å²) in [5, 5.41) is 3.06. The van der Waals surface area contributed by atoms with Crippen molar-refractivity contribution < 1.29 is 4.79 Å². The van der Waals surface area contributed by atoms with Gasteiger partial charge in [0.1, 0.15) is 0 Å². The van der Waals surface area contributed by atoms with E-state index in [4.69, 9.17) is 0 Å². The molecular weight excluding hydrogens is 126 g/mol. The lowest BCUT2D eigenvalue weighted by molar-refractivity contribution is -0.121. The smallest absolute Gasteiger partial charge is 0.157 e. The van der Waals surface area contributed by atoms with Crippen molar-refractivity contribution in [2.24, 2.45) is 5.92 Å². The molecule has 0 saturated heterocycles. The molecule has 1 unspecified atom stereocenters. The van der Waals surface area contributed by atoms with Crippen LogP contribution in [0.4, 0.5) is 0 Å². The highest BCUT2D eigenvalue weighted by Gasteiger charge is 2.34. The van der Waals surface area contributed by atoms with Gasteiger partial charge in [-0.3, -0.25) is 4.79 Å². The minimum Gasteiger partial charge on any atom is -0.300 e. The molecule has 1 aliphatic heterocycles. The number of hydrogen-bond donors (Lipinski definition) is 1. The highest BCUT2D eigenvalue weighted by molar-refractivity contribution is 5.89. The molecule has 1 saturated carbocycles. The molecule has 10 heavy (non-hydrogen) atoms. The van der Waals surface area contributed by atoms with Gasteiger partial charge in [-0.15, -0.1) is 0 Å². The molecule has 0 bridgehead atoms. The minimum atomic E-state index is -0.0764. The molecule has 0 aromatic heterocycles. The predicted octanol–water partition coefficient (Wildman–Crippen LogP) is 0.297. The predicted molar refractivity (Wildman–Crippen MR) is 37.3 cm³/mol. The fourth-order valence-corrected chi connectivity index (χ4v) is 1.20. The third kappa shape index (κ3) is 0.991. The SMILES string of the molecule is O=C(C1CC1)C1[C]=CCN1. The van der Waals surface area contributed by atoms with Gasteiger partial charge >= 0.3 is 0 Å². The third-order valence-electron chi connectivity index (χ3n) is 1.97. The second kappa shape index (κ2) is 2.20. The van der Waals surface area contributed by atoms with Gasteiger partial charge in [0.15, 0.2) is 5.78 Å². The molecule has 2 rings (SSSR count). The van der Waals surface area contributed by atoms with Crippen LogP contribution < -0.4 is 5.32 Å². The average molecular weight is 136 g/mol. The fourth-order valence-electron chi connectivity index (χ4n) is 1.20. The van der Waals surface area contributed by atoms with Crippen molar-refractivity contribution in [1.82, 2.24) is 5.32 Å². The number of rotatable bonds is 2. The van der Waals surface area contributed by atoms with Gasteiger partial charge in [0.2, 0.25) is 0 Å². The van der Waals surface area contributed by atoms with Gasteiger partial charge in [-0.2, -0.15) is 0 Å². The summed E-state index contributed by atoms with van der Waals surface area (Å²) in [5.41, 5.74) is 0. The molecule has 0 spiro atoms. The van der Waals surface area contributed by atoms with E-state index in [1.54, 1.807) is 0 Å². The molecule has 1 N–H and O–H groups in total. The van der Waals surface area contributed by atoms with Crippen LogP contribution in [0, 0.1) is 12.0 Å². The Morgan fingerprint density at radius 3 is 2.90 bits per heavy atom. The van der Waals surface area contributed by atoms with E-state index in [0.717, 1.165) is 19.4 Å². The van der Waals surface area contributed by atoms with Crippen molar-refractivity contribution in [3.63, 3.8) is 0 Å². The van der Waals surface area contributed by atoms with Crippen LogP contribution in [-0.2, 0) is 4.79 Å². The lowest BCUT2D eigenvalue weighted by Gasteiger charge is -2.04. The van der Waals surface area contributed by atoms with Crippen LogP contribution in [0.2, 0.25) is 0 Å². The number of Topliss-reactive ketones (excluding diaryl/α,β-unsaturated/α-hetero) is 1. The maximum Gasteiger partial charge on any atom is 0.157 e. The summed E-state index contributed by atoms with van der Waals surface area (Å²) in [7, 11) is 0. The summed E-state index contributed by atoms with van der Waals surface area (Å²) in [6.07, 6.45) is 7.08. The van der Waals surface area contributed by atoms with Crippen molar-refractivity contribution in [3.05, 3.63) is 12.2 Å². The molecule has 1 heterocycles. The molecule has 2 heteroatoms. The summed E-state index contributed by atoms with van der Waals surface area (Å²) in [4.78, 5) is 11.3. The first kappa shape index (κ1) is 6.10. The normalized spacial score (nSPS) is 31.0. The number of ketones is 1. The minimum absolute atomic E-state index is 0.0764. The van der Waals surface area contributed by atoms with Crippen LogP contribution in [0.5, 0.6) is 0 Å². The number of carbonyl (C=O) groups excluding carboxylic acids is 1. The fraction of sp³-hybridized carbons (Fsp3) is 0.625. The molecule has 1 atom stereocenters. The van der Waals surface area contributed by atoms with Crippen LogP contribution >= 0.6 is 0 Å². The first-order valence-electron chi connectivity index (χ1n) is 3.73. The Hall–Kier alpha value is -0.630. The van der Waals surface area contributed by atoms with E-state index in [1.807, 2.05) is 6.08 Å². The van der Waals surface area contributed by atoms with E-state index in [-0.39, 0.29) is 6.04 Å². The molecule has 53 valence electrons. The van der Waals surface area contributed by atoms with Crippen molar-refractivity contribution in [2.45, 2.75) is 18.9 Å². The van der Waals surface area contributed by atoms with Crippen molar-refractivity contribution in [1.29, 1.82) is 0 Å². The van der Waals surface area contributed by atoms with Gasteiger partial charge in [0.25, 0.3) is 0 Å². The topological polar surface area (TPSA) is 29.1 Å². The number of nitrogens with one attached hydrogen (secondary N) is 1. The Morgan fingerprint density at radius 2 is 2.40 bits per heavy atom. The van der Waals surface area contributed by atoms with E-state index in [0.29, 0.717) is 11.7 Å². The lowest BCUT2D eigenvalue weighted by Crippen LogP contribution is -2.32.